The van der Waals surface area contributed by atoms with E-state index in [4.69, 9.17) is 0 Å². The van der Waals surface area contributed by atoms with Gasteiger partial charge in [0.25, 0.3) is 0 Å². The summed E-state index contributed by atoms with van der Waals surface area (Å²) in [7, 11) is 1.40. The van der Waals surface area contributed by atoms with Gasteiger partial charge in [-0.3, -0.25) is 4.79 Å². The summed E-state index contributed by atoms with van der Waals surface area (Å²) in [6.45, 7) is 6.00. The first-order valence-electron chi connectivity index (χ1n) is 5.22. The van der Waals surface area contributed by atoms with E-state index < -0.39 is 0 Å². The lowest BCUT2D eigenvalue weighted by molar-refractivity contribution is -0.141. The minimum Gasteiger partial charge on any atom is -0.469 e. The van der Waals surface area contributed by atoms with E-state index in [0.717, 1.165) is 12.8 Å². The van der Waals surface area contributed by atoms with Crippen LogP contribution in [0.4, 0.5) is 0 Å². The van der Waals surface area contributed by atoms with Gasteiger partial charge in [0.2, 0.25) is 0 Å². The number of aliphatic hydroxyl groups excluding tert-OH is 1. The van der Waals surface area contributed by atoms with Crippen molar-refractivity contribution >= 4 is 5.97 Å². The van der Waals surface area contributed by atoms with Crippen molar-refractivity contribution in [1.82, 2.24) is 0 Å². The summed E-state index contributed by atoms with van der Waals surface area (Å²) in [6.07, 6.45) is 1.82. The Kier molecular flexibility index (Phi) is 6.54. The van der Waals surface area contributed by atoms with E-state index in [9.17, 15) is 9.90 Å². The molecule has 0 aromatic rings. The number of hydrogen-bond acceptors (Lipinski definition) is 3. The van der Waals surface area contributed by atoms with Gasteiger partial charge in [0.1, 0.15) is 0 Å². The number of rotatable bonds is 6. The lowest BCUT2D eigenvalue weighted by Gasteiger charge is -2.16. The Labute approximate surface area is 86.5 Å². The maximum atomic E-state index is 10.9. The van der Waals surface area contributed by atoms with Crippen molar-refractivity contribution in [2.24, 2.45) is 11.8 Å². The summed E-state index contributed by atoms with van der Waals surface area (Å²) < 4.78 is 4.57. The van der Waals surface area contributed by atoms with Crippen LogP contribution >= 0.6 is 0 Å². The highest BCUT2D eigenvalue weighted by Gasteiger charge is 2.13. The monoisotopic (exact) mass is 202 g/mol. The zero-order chi connectivity index (χ0) is 11.1. The SMILES string of the molecule is COC(=O)C[C@H](C)CCC(O)C(C)C. The molecule has 0 fully saturated rings. The van der Waals surface area contributed by atoms with E-state index in [1.165, 1.54) is 7.11 Å². The minimum atomic E-state index is -0.255. The van der Waals surface area contributed by atoms with Crippen LogP contribution in [0.15, 0.2) is 0 Å². The predicted octanol–water partition coefficient (Wildman–Crippen LogP) is 1.98. The number of carbonyl (C=O) groups excluding carboxylic acids is 1. The van der Waals surface area contributed by atoms with Crippen LogP contribution in [0.5, 0.6) is 0 Å². The Morgan fingerprint density at radius 1 is 1.29 bits per heavy atom. The van der Waals surface area contributed by atoms with E-state index in [1.54, 1.807) is 0 Å². The first-order valence-corrected chi connectivity index (χ1v) is 5.22. The second kappa shape index (κ2) is 6.82. The Morgan fingerprint density at radius 3 is 2.29 bits per heavy atom. The molecule has 0 aliphatic heterocycles. The standard InChI is InChI=1S/C11H22O3/c1-8(2)10(12)6-5-9(3)7-11(13)14-4/h8-10,12H,5-7H2,1-4H3/t9-,10?/m1/s1. The second-order valence-electron chi connectivity index (χ2n) is 4.27. The predicted molar refractivity (Wildman–Crippen MR) is 55.9 cm³/mol. The Balaban J connectivity index is 3.63. The van der Waals surface area contributed by atoms with Crippen molar-refractivity contribution in [2.75, 3.05) is 7.11 Å². The van der Waals surface area contributed by atoms with Gasteiger partial charge in [0, 0.05) is 6.42 Å². The Bertz CT molecular complexity index is 166. The average molecular weight is 202 g/mol. The molecule has 1 unspecified atom stereocenters. The molecule has 14 heavy (non-hydrogen) atoms. The highest BCUT2D eigenvalue weighted by molar-refractivity contribution is 5.69. The van der Waals surface area contributed by atoms with Crippen molar-refractivity contribution in [3.8, 4) is 0 Å². The summed E-state index contributed by atoms with van der Waals surface area (Å²) in [4.78, 5) is 10.9. The van der Waals surface area contributed by atoms with Crippen molar-refractivity contribution in [1.29, 1.82) is 0 Å². The molecule has 0 aliphatic carbocycles. The molecule has 0 spiro atoms. The number of ether oxygens (including phenoxy) is 1. The third kappa shape index (κ3) is 5.97. The number of methoxy groups -OCH3 is 1. The molecule has 84 valence electrons. The highest BCUT2D eigenvalue weighted by Crippen LogP contribution is 2.16. The van der Waals surface area contributed by atoms with Gasteiger partial charge in [-0.1, -0.05) is 20.8 Å². The fraction of sp³-hybridized carbons (Fsp3) is 0.909. The maximum Gasteiger partial charge on any atom is 0.305 e. The third-order valence-corrected chi connectivity index (χ3v) is 2.47. The van der Waals surface area contributed by atoms with Crippen LogP contribution in [0.1, 0.15) is 40.0 Å². The Morgan fingerprint density at radius 2 is 1.86 bits per heavy atom. The van der Waals surface area contributed by atoms with E-state index >= 15 is 0 Å². The summed E-state index contributed by atoms with van der Waals surface area (Å²) in [6, 6.07) is 0. The number of carbonyl (C=O) groups is 1. The molecule has 0 heterocycles. The summed E-state index contributed by atoms with van der Waals surface area (Å²) in [5.41, 5.74) is 0. The van der Waals surface area contributed by atoms with Gasteiger partial charge < -0.3 is 9.84 Å². The number of esters is 1. The summed E-state index contributed by atoms with van der Waals surface area (Å²) >= 11 is 0. The first kappa shape index (κ1) is 13.4. The topological polar surface area (TPSA) is 46.5 Å². The van der Waals surface area contributed by atoms with Crippen molar-refractivity contribution in [3.05, 3.63) is 0 Å². The molecule has 3 heteroatoms. The van der Waals surface area contributed by atoms with Crippen LogP contribution in [0.25, 0.3) is 0 Å². The Hall–Kier alpha value is -0.570. The van der Waals surface area contributed by atoms with Gasteiger partial charge in [-0.25, -0.2) is 0 Å². The van der Waals surface area contributed by atoms with Crippen LogP contribution in [-0.4, -0.2) is 24.3 Å². The molecule has 0 saturated carbocycles. The normalized spacial score (nSPS) is 15.3. The number of hydrogen-bond donors (Lipinski definition) is 1. The lowest BCUT2D eigenvalue weighted by Crippen LogP contribution is -2.16. The second-order valence-corrected chi connectivity index (χ2v) is 4.27. The van der Waals surface area contributed by atoms with Gasteiger partial charge in [-0.15, -0.1) is 0 Å². The molecule has 2 atom stereocenters. The quantitative estimate of drug-likeness (QED) is 0.670. The van der Waals surface area contributed by atoms with Crippen LogP contribution in [0.2, 0.25) is 0 Å². The summed E-state index contributed by atoms with van der Waals surface area (Å²) in [5, 5.41) is 9.55. The third-order valence-electron chi connectivity index (χ3n) is 2.47. The molecular formula is C11H22O3. The largest absolute Gasteiger partial charge is 0.469 e. The number of aliphatic hydroxyl groups is 1. The van der Waals surface area contributed by atoms with Crippen LogP contribution in [0, 0.1) is 11.8 Å². The van der Waals surface area contributed by atoms with Gasteiger partial charge in [0.05, 0.1) is 13.2 Å². The van der Waals surface area contributed by atoms with Crippen molar-refractivity contribution in [2.45, 2.75) is 46.1 Å². The zero-order valence-electron chi connectivity index (χ0n) is 9.62. The molecule has 0 saturated heterocycles. The average Bonchev–Trinajstić information content (AvgIpc) is 2.13. The smallest absolute Gasteiger partial charge is 0.305 e. The lowest BCUT2D eigenvalue weighted by atomic mass is 9.95. The van der Waals surface area contributed by atoms with E-state index in [2.05, 4.69) is 4.74 Å². The minimum absolute atomic E-state index is 0.170. The molecule has 1 N–H and O–H groups in total. The van der Waals surface area contributed by atoms with E-state index in [-0.39, 0.29) is 18.0 Å². The molecule has 0 amide bonds. The molecule has 3 nitrogen and oxygen atoms in total. The van der Waals surface area contributed by atoms with Crippen LogP contribution in [0.3, 0.4) is 0 Å². The van der Waals surface area contributed by atoms with E-state index in [1.807, 2.05) is 20.8 Å². The van der Waals surface area contributed by atoms with Gasteiger partial charge in [-0.05, 0) is 24.7 Å². The molecule has 0 aromatic carbocycles. The van der Waals surface area contributed by atoms with Gasteiger partial charge >= 0.3 is 5.97 Å². The molecule has 0 aromatic heterocycles. The zero-order valence-corrected chi connectivity index (χ0v) is 9.62. The molecule has 0 bridgehead atoms. The molecule has 0 aliphatic rings. The van der Waals surface area contributed by atoms with Crippen molar-refractivity contribution < 1.29 is 14.6 Å². The summed E-state index contributed by atoms with van der Waals surface area (Å²) in [5.74, 6) is 0.410. The first-order chi connectivity index (χ1) is 6.47. The van der Waals surface area contributed by atoms with Gasteiger partial charge in [-0.2, -0.15) is 0 Å². The molecule has 0 radical (unpaired) electrons. The highest BCUT2D eigenvalue weighted by atomic mass is 16.5. The molecular weight excluding hydrogens is 180 g/mol. The van der Waals surface area contributed by atoms with Crippen molar-refractivity contribution in [3.63, 3.8) is 0 Å². The van der Waals surface area contributed by atoms with Crippen LogP contribution < -0.4 is 0 Å². The van der Waals surface area contributed by atoms with E-state index in [0.29, 0.717) is 12.3 Å². The van der Waals surface area contributed by atoms with Gasteiger partial charge in [0.15, 0.2) is 0 Å². The van der Waals surface area contributed by atoms with Crippen LogP contribution in [-0.2, 0) is 9.53 Å². The molecule has 0 rings (SSSR count). The fourth-order valence-corrected chi connectivity index (χ4v) is 1.26. The maximum absolute atomic E-state index is 10.9. The fourth-order valence-electron chi connectivity index (χ4n) is 1.26.